The lowest BCUT2D eigenvalue weighted by atomic mass is 10.3. The van der Waals surface area contributed by atoms with E-state index in [1.165, 1.54) is 0 Å². The second-order valence-electron chi connectivity index (χ2n) is 2.11. The Morgan fingerprint density at radius 3 is 3.09 bits per heavy atom. The quantitative estimate of drug-likeness (QED) is 0.767. The van der Waals surface area contributed by atoms with E-state index in [4.69, 9.17) is 11.6 Å². The van der Waals surface area contributed by atoms with Crippen LogP contribution < -0.4 is 5.32 Å². The maximum absolute atomic E-state index is 5.87. The van der Waals surface area contributed by atoms with Crippen LogP contribution in [0.2, 0.25) is 4.34 Å². The molecule has 0 unspecified atom stereocenters. The summed E-state index contributed by atoms with van der Waals surface area (Å²) in [5, 5.41) is 5.01. The van der Waals surface area contributed by atoms with Crippen molar-refractivity contribution in [1.82, 2.24) is 5.32 Å². The summed E-state index contributed by atoms with van der Waals surface area (Å²) >= 11 is 7.42. The zero-order valence-corrected chi connectivity index (χ0v) is 7.88. The van der Waals surface area contributed by atoms with Gasteiger partial charge in [-0.25, -0.2) is 0 Å². The van der Waals surface area contributed by atoms with E-state index in [2.05, 4.69) is 5.32 Å². The molecule has 1 aromatic rings. The van der Waals surface area contributed by atoms with Gasteiger partial charge in [-0.1, -0.05) is 23.8 Å². The molecule has 0 saturated carbocycles. The number of likely N-dealkylation sites (N-methyl/N-ethyl adjacent to an activating group) is 1. The molecule has 0 aliphatic carbocycles. The van der Waals surface area contributed by atoms with Crippen LogP contribution in [-0.2, 0) is 0 Å². The summed E-state index contributed by atoms with van der Waals surface area (Å²) in [6, 6.07) is 2.01. The Bertz CT molecular complexity index is 242. The third-order valence-corrected chi connectivity index (χ3v) is 2.47. The predicted octanol–water partition coefficient (Wildman–Crippen LogP) is 2.63. The van der Waals surface area contributed by atoms with E-state index < -0.39 is 0 Å². The average Bonchev–Trinajstić information content (AvgIpc) is 2.37. The van der Waals surface area contributed by atoms with Crippen LogP contribution in [0.15, 0.2) is 17.5 Å². The van der Waals surface area contributed by atoms with Gasteiger partial charge in [0.2, 0.25) is 0 Å². The number of thiophene rings is 1. The van der Waals surface area contributed by atoms with E-state index in [0.29, 0.717) is 0 Å². The molecule has 0 saturated heterocycles. The van der Waals surface area contributed by atoms with E-state index in [1.807, 2.05) is 30.6 Å². The number of nitrogens with one attached hydrogen (secondary N) is 1. The Morgan fingerprint density at radius 1 is 1.73 bits per heavy atom. The number of rotatable bonds is 3. The summed E-state index contributed by atoms with van der Waals surface area (Å²) in [4.78, 5) is 0. The number of halogens is 1. The molecule has 1 heterocycles. The summed E-state index contributed by atoms with van der Waals surface area (Å²) < 4.78 is 0.859. The lowest BCUT2D eigenvalue weighted by Gasteiger charge is -1.88. The maximum atomic E-state index is 5.87. The van der Waals surface area contributed by atoms with Crippen molar-refractivity contribution in [3.05, 3.63) is 27.4 Å². The Hall–Kier alpha value is -0.310. The molecule has 0 bridgehead atoms. The summed E-state index contributed by atoms with van der Waals surface area (Å²) in [6.07, 6.45) is 4.07. The van der Waals surface area contributed by atoms with Gasteiger partial charge in [0, 0.05) is 12.1 Å². The van der Waals surface area contributed by atoms with Crippen LogP contribution in [0.1, 0.15) is 5.56 Å². The van der Waals surface area contributed by atoms with Crippen LogP contribution in [0.4, 0.5) is 0 Å². The van der Waals surface area contributed by atoms with Crippen LogP contribution in [0.3, 0.4) is 0 Å². The van der Waals surface area contributed by atoms with Gasteiger partial charge in [-0.2, -0.15) is 0 Å². The molecule has 0 atom stereocenters. The highest BCUT2D eigenvalue weighted by atomic mass is 35.5. The predicted molar refractivity (Wildman–Crippen MR) is 52.3 cm³/mol. The first-order valence-electron chi connectivity index (χ1n) is 3.38. The van der Waals surface area contributed by atoms with Gasteiger partial charge in [-0.05, 0) is 18.5 Å². The molecule has 1 nitrogen and oxygen atoms in total. The van der Waals surface area contributed by atoms with E-state index in [1.54, 1.807) is 11.3 Å². The van der Waals surface area contributed by atoms with Crippen molar-refractivity contribution in [1.29, 1.82) is 0 Å². The molecule has 1 N–H and O–H groups in total. The molecule has 0 radical (unpaired) electrons. The molecule has 0 aromatic carbocycles. The van der Waals surface area contributed by atoms with Gasteiger partial charge in [0.25, 0.3) is 0 Å². The molecule has 1 rings (SSSR count). The molecule has 1 aromatic heterocycles. The normalized spacial score (nSPS) is 11.1. The smallest absolute Gasteiger partial charge is 0.100 e. The highest BCUT2D eigenvalue weighted by Crippen LogP contribution is 2.23. The first-order valence-corrected chi connectivity index (χ1v) is 4.64. The molecule has 11 heavy (non-hydrogen) atoms. The standard InChI is InChI=1S/C8H10ClNS/c1-10-5-2-3-7-4-6-11-8(7)9/h2-4,6,10H,5H2,1H3/b3-2+. The molecule has 0 aliphatic rings. The van der Waals surface area contributed by atoms with Crippen LogP contribution in [0.25, 0.3) is 6.08 Å². The second kappa shape index (κ2) is 4.54. The van der Waals surface area contributed by atoms with Gasteiger partial charge in [0.1, 0.15) is 4.34 Å². The van der Waals surface area contributed by atoms with Crippen LogP contribution in [0, 0.1) is 0 Å². The molecule has 0 aliphatic heterocycles. The van der Waals surface area contributed by atoms with Crippen molar-refractivity contribution in [3.8, 4) is 0 Å². The van der Waals surface area contributed by atoms with Crippen molar-refractivity contribution >= 4 is 29.0 Å². The summed E-state index contributed by atoms with van der Waals surface area (Å²) in [5.41, 5.74) is 1.10. The third-order valence-electron chi connectivity index (χ3n) is 1.27. The molecule has 60 valence electrons. The highest BCUT2D eigenvalue weighted by Gasteiger charge is 1.94. The Morgan fingerprint density at radius 2 is 2.55 bits per heavy atom. The Kier molecular flexibility index (Phi) is 3.63. The van der Waals surface area contributed by atoms with E-state index in [0.717, 1.165) is 16.4 Å². The summed E-state index contributed by atoms with van der Waals surface area (Å²) in [6.45, 7) is 0.881. The SMILES string of the molecule is CNC/C=C/c1ccsc1Cl. The zero-order chi connectivity index (χ0) is 8.10. The zero-order valence-electron chi connectivity index (χ0n) is 6.30. The fourth-order valence-electron chi connectivity index (χ4n) is 0.725. The maximum Gasteiger partial charge on any atom is 0.100 e. The minimum Gasteiger partial charge on any atom is -0.316 e. The second-order valence-corrected chi connectivity index (χ2v) is 3.63. The van der Waals surface area contributed by atoms with Crippen molar-refractivity contribution in [2.24, 2.45) is 0 Å². The van der Waals surface area contributed by atoms with Crippen molar-refractivity contribution in [3.63, 3.8) is 0 Å². The number of hydrogen-bond acceptors (Lipinski definition) is 2. The van der Waals surface area contributed by atoms with Crippen molar-refractivity contribution < 1.29 is 0 Å². The van der Waals surface area contributed by atoms with E-state index >= 15 is 0 Å². The Labute approximate surface area is 75.7 Å². The molecular formula is C8H10ClNS. The first-order chi connectivity index (χ1) is 5.34. The van der Waals surface area contributed by atoms with Gasteiger partial charge in [0.15, 0.2) is 0 Å². The summed E-state index contributed by atoms with van der Waals surface area (Å²) in [7, 11) is 1.92. The molecule has 0 fully saturated rings. The minimum absolute atomic E-state index is 0.859. The van der Waals surface area contributed by atoms with Crippen molar-refractivity contribution in [2.75, 3.05) is 13.6 Å². The molecule has 3 heteroatoms. The number of hydrogen-bond donors (Lipinski definition) is 1. The minimum atomic E-state index is 0.859. The first kappa shape index (κ1) is 8.78. The summed E-state index contributed by atoms with van der Waals surface area (Å²) in [5.74, 6) is 0. The van der Waals surface area contributed by atoms with Crippen molar-refractivity contribution in [2.45, 2.75) is 0 Å². The average molecular weight is 188 g/mol. The van der Waals surface area contributed by atoms with Crippen LogP contribution in [0.5, 0.6) is 0 Å². The van der Waals surface area contributed by atoms with Gasteiger partial charge >= 0.3 is 0 Å². The van der Waals surface area contributed by atoms with Crippen LogP contribution in [-0.4, -0.2) is 13.6 Å². The largest absolute Gasteiger partial charge is 0.316 e. The van der Waals surface area contributed by atoms with Crippen LogP contribution >= 0.6 is 22.9 Å². The monoisotopic (exact) mass is 187 g/mol. The lowest BCUT2D eigenvalue weighted by molar-refractivity contribution is 0.922. The molecule has 0 amide bonds. The lowest BCUT2D eigenvalue weighted by Crippen LogP contribution is -2.03. The Balaban J connectivity index is 2.56. The van der Waals surface area contributed by atoms with Gasteiger partial charge in [0.05, 0.1) is 0 Å². The van der Waals surface area contributed by atoms with Gasteiger partial charge in [-0.3, -0.25) is 0 Å². The third kappa shape index (κ3) is 2.66. The highest BCUT2D eigenvalue weighted by molar-refractivity contribution is 7.14. The molecular weight excluding hydrogens is 178 g/mol. The fraction of sp³-hybridized carbons (Fsp3) is 0.250. The fourth-order valence-corrected chi connectivity index (χ4v) is 1.61. The molecule has 0 spiro atoms. The van der Waals surface area contributed by atoms with E-state index in [9.17, 15) is 0 Å². The van der Waals surface area contributed by atoms with Gasteiger partial charge < -0.3 is 5.32 Å². The van der Waals surface area contributed by atoms with Gasteiger partial charge in [-0.15, -0.1) is 11.3 Å². The van der Waals surface area contributed by atoms with E-state index in [-0.39, 0.29) is 0 Å². The topological polar surface area (TPSA) is 12.0 Å².